The Morgan fingerprint density at radius 3 is 2.26 bits per heavy atom. The Hall–Kier alpha value is -0.730. The van der Waals surface area contributed by atoms with Crippen molar-refractivity contribution in [3.63, 3.8) is 0 Å². The predicted octanol–water partition coefficient (Wildman–Crippen LogP) is 3.47. The van der Waals surface area contributed by atoms with Gasteiger partial charge in [0.05, 0.1) is 0 Å². The summed E-state index contributed by atoms with van der Waals surface area (Å²) in [4.78, 5) is 2.58. The van der Waals surface area contributed by atoms with Crippen LogP contribution in [0.5, 0.6) is 0 Å². The van der Waals surface area contributed by atoms with E-state index in [0.717, 1.165) is 23.3 Å². The topological polar surface area (TPSA) is 29.3 Å². The van der Waals surface area contributed by atoms with Crippen LogP contribution in [0.2, 0.25) is 5.02 Å². The van der Waals surface area contributed by atoms with Crippen LogP contribution in [0.3, 0.4) is 0 Å². The van der Waals surface area contributed by atoms with Crippen molar-refractivity contribution in [3.05, 3.63) is 28.8 Å². The van der Waals surface area contributed by atoms with Crippen molar-refractivity contribution < 1.29 is 0 Å². The van der Waals surface area contributed by atoms with Gasteiger partial charge in [-0.2, -0.15) is 0 Å². The molecule has 0 amide bonds. The van der Waals surface area contributed by atoms with Crippen LogP contribution in [-0.2, 0) is 6.42 Å². The van der Waals surface area contributed by atoms with E-state index in [1.807, 2.05) is 6.07 Å². The largest absolute Gasteiger partial charge is 0.371 e. The SMILES string of the molecule is NCCc1c(Cl)cccc1N(CC1CC1)CC1CC1. The zero-order valence-corrected chi connectivity index (χ0v) is 12.2. The first-order valence-electron chi connectivity index (χ1n) is 7.50. The molecule has 2 fully saturated rings. The fourth-order valence-electron chi connectivity index (χ4n) is 2.73. The minimum absolute atomic E-state index is 0.664. The van der Waals surface area contributed by atoms with Crippen molar-refractivity contribution >= 4 is 17.3 Å². The van der Waals surface area contributed by atoms with Crippen LogP contribution < -0.4 is 10.6 Å². The molecule has 2 nitrogen and oxygen atoms in total. The molecule has 104 valence electrons. The molecule has 2 aliphatic rings. The van der Waals surface area contributed by atoms with Crippen molar-refractivity contribution in [2.45, 2.75) is 32.1 Å². The second kappa shape index (κ2) is 5.72. The minimum atomic E-state index is 0.664. The first-order chi connectivity index (χ1) is 9.28. The third-order valence-corrected chi connectivity index (χ3v) is 4.53. The van der Waals surface area contributed by atoms with E-state index >= 15 is 0 Å². The molecule has 0 heterocycles. The summed E-state index contributed by atoms with van der Waals surface area (Å²) in [6.07, 6.45) is 6.46. The number of nitrogens with zero attached hydrogens (tertiary/aromatic N) is 1. The molecule has 2 aliphatic carbocycles. The lowest BCUT2D eigenvalue weighted by molar-refractivity contribution is 0.676. The fourth-order valence-corrected chi connectivity index (χ4v) is 2.99. The first kappa shape index (κ1) is 13.3. The Morgan fingerprint density at radius 2 is 1.74 bits per heavy atom. The summed E-state index contributed by atoms with van der Waals surface area (Å²) in [6, 6.07) is 6.29. The van der Waals surface area contributed by atoms with E-state index in [1.54, 1.807) is 0 Å². The van der Waals surface area contributed by atoms with Crippen molar-refractivity contribution in [3.8, 4) is 0 Å². The van der Waals surface area contributed by atoms with Crippen LogP contribution >= 0.6 is 11.6 Å². The molecule has 0 aliphatic heterocycles. The average molecular weight is 279 g/mol. The Kier molecular flexibility index (Phi) is 3.99. The van der Waals surface area contributed by atoms with Gasteiger partial charge in [0.1, 0.15) is 0 Å². The Bertz CT molecular complexity index is 424. The van der Waals surface area contributed by atoms with Crippen LogP contribution in [0.4, 0.5) is 5.69 Å². The molecule has 3 rings (SSSR count). The number of halogens is 1. The average Bonchev–Trinajstić information content (AvgIpc) is 3.26. The zero-order valence-electron chi connectivity index (χ0n) is 11.4. The number of benzene rings is 1. The normalized spacial score (nSPS) is 18.6. The lowest BCUT2D eigenvalue weighted by Crippen LogP contribution is -2.29. The number of anilines is 1. The van der Waals surface area contributed by atoms with E-state index in [0.29, 0.717) is 6.54 Å². The van der Waals surface area contributed by atoms with Gasteiger partial charge >= 0.3 is 0 Å². The number of rotatable bonds is 7. The lowest BCUT2D eigenvalue weighted by Gasteiger charge is -2.28. The van der Waals surface area contributed by atoms with E-state index in [9.17, 15) is 0 Å². The summed E-state index contributed by atoms with van der Waals surface area (Å²) in [7, 11) is 0. The van der Waals surface area contributed by atoms with Gasteiger partial charge in [0.15, 0.2) is 0 Å². The highest BCUT2D eigenvalue weighted by Gasteiger charge is 2.30. The lowest BCUT2D eigenvalue weighted by atomic mass is 10.1. The number of hydrogen-bond donors (Lipinski definition) is 1. The van der Waals surface area contributed by atoms with Gasteiger partial charge in [-0.15, -0.1) is 0 Å². The number of nitrogens with two attached hydrogens (primary N) is 1. The Labute approximate surface area is 120 Å². The quantitative estimate of drug-likeness (QED) is 0.828. The van der Waals surface area contributed by atoms with Gasteiger partial charge < -0.3 is 10.6 Å². The highest BCUT2D eigenvalue weighted by atomic mass is 35.5. The van der Waals surface area contributed by atoms with Crippen LogP contribution in [0.25, 0.3) is 0 Å². The molecule has 0 spiro atoms. The monoisotopic (exact) mass is 278 g/mol. The maximum Gasteiger partial charge on any atom is 0.0459 e. The Morgan fingerprint density at radius 1 is 1.11 bits per heavy atom. The maximum absolute atomic E-state index is 6.37. The molecular formula is C16H23ClN2. The van der Waals surface area contributed by atoms with Crippen LogP contribution in [-0.4, -0.2) is 19.6 Å². The maximum atomic E-state index is 6.37. The fraction of sp³-hybridized carbons (Fsp3) is 0.625. The van der Waals surface area contributed by atoms with E-state index in [2.05, 4.69) is 17.0 Å². The van der Waals surface area contributed by atoms with E-state index in [1.165, 1.54) is 50.0 Å². The molecular weight excluding hydrogens is 256 g/mol. The molecule has 0 atom stereocenters. The van der Waals surface area contributed by atoms with Gasteiger partial charge in [-0.1, -0.05) is 17.7 Å². The summed E-state index contributed by atoms with van der Waals surface area (Å²) >= 11 is 6.37. The molecule has 0 unspecified atom stereocenters. The summed E-state index contributed by atoms with van der Waals surface area (Å²) in [5, 5.41) is 0.875. The van der Waals surface area contributed by atoms with Crippen LogP contribution in [0, 0.1) is 11.8 Å². The summed E-state index contributed by atoms with van der Waals surface area (Å²) in [6.45, 7) is 3.07. The second-order valence-corrected chi connectivity index (χ2v) is 6.48. The van der Waals surface area contributed by atoms with Crippen LogP contribution in [0.1, 0.15) is 31.2 Å². The highest BCUT2D eigenvalue weighted by molar-refractivity contribution is 6.31. The molecule has 19 heavy (non-hydrogen) atoms. The molecule has 3 heteroatoms. The van der Waals surface area contributed by atoms with Crippen LogP contribution in [0.15, 0.2) is 18.2 Å². The molecule has 0 radical (unpaired) electrons. The molecule has 1 aromatic carbocycles. The van der Waals surface area contributed by atoms with Gasteiger partial charge in [-0.25, -0.2) is 0 Å². The van der Waals surface area contributed by atoms with E-state index in [-0.39, 0.29) is 0 Å². The van der Waals surface area contributed by atoms with Gasteiger partial charge in [0.2, 0.25) is 0 Å². The van der Waals surface area contributed by atoms with E-state index < -0.39 is 0 Å². The summed E-state index contributed by atoms with van der Waals surface area (Å²) in [5.41, 5.74) is 8.32. The third-order valence-electron chi connectivity index (χ3n) is 4.18. The summed E-state index contributed by atoms with van der Waals surface area (Å²) in [5.74, 6) is 1.81. The van der Waals surface area contributed by atoms with Gasteiger partial charge in [0.25, 0.3) is 0 Å². The minimum Gasteiger partial charge on any atom is -0.371 e. The predicted molar refractivity (Wildman–Crippen MR) is 81.9 cm³/mol. The second-order valence-electron chi connectivity index (χ2n) is 6.07. The first-order valence-corrected chi connectivity index (χ1v) is 7.88. The Balaban J connectivity index is 1.83. The number of hydrogen-bond acceptors (Lipinski definition) is 2. The van der Waals surface area contributed by atoms with E-state index in [4.69, 9.17) is 17.3 Å². The molecule has 0 saturated heterocycles. The smallest absolute Gasteiger partial charge is 0.0459 e. The van der Waals surface area contributed by atoms with Crippen molar-refractivity contribution in [1.29, 1.82) is 0 Å². The zero-order chi connectivity index (χ0) is 13.2. The summed E-state index contributed by atoms with van der Waals surface area (Å²) < 4.78 is 0. The van der Waals surface area contributed by atoms with Gasteiger partial charge in [-0.3, -0.25) is 0 Å². The highest BCUT2D eigenvalue weighted by Crippen LogP contribution is 2.38. The van der Waals surface area contributed by atoms with Crippen molar-refractivity contribution in [1.82, 2.24) is 0 Å². The molecule has 0 aromatic heterocycles. The molecule has 2 N–H and O–H groups in total. The van der Waals surface area contributed by atoms with Gasteiger partial charge in [-0.05, 0) is 68.2 Å². The molecule has 0 bridgehead atoms. The van der Waals surface area contributed by atoms with Crippen molar-refractivity contribution in [2.75, 3.05) is 24.5 Å². The van der Waals surface area contributed by atoms with Gasteiger partial charge in [0, 0.05) is 23.8 Å². The van der Waals surface area contributed by atoms with Crippen molar-refractivity contribution in [2.24, 2.45) is 17.6 Å². The standard InChI is InChI=1S/C16H23ClN2/c17-15-2-1-3-16(14(15)8-9-18)19(10-12-4-5-12)11-13-6-7-13/h1-3,12-13H,4-11,18H2. The molecule has 2 saturated carbocycles. The molecule has 1 aromatic rings. The third kappa shape index (κ3) is 3.43.